The molecule has 0 amide bonds. The summed E-state index contributed by atoms with van der Waals surface area (Å²) in [4.78, 5) is 14.1. The SMILES string of the molecule is Clc1nc(-n2cnc3c2CCCC3)c2ccsc2n1. The van der Waals surface area contributed by atoms with Crippen molar-refractivity contribution in [3.8, 4) is 5.82 Å². The summed E-state index contributed by atoms with van der Waals surface area (Å²) in [6, 6.07) is 2.04. The zero-order valence-corrected chi connectivity index (χ0v) is 11.7. The molecule has 3 aromatic heterocycles. The Bertz CT molecular complexity index is 761. The number of thiophene rings is 1. The number of halogens is 1. The topological polar surface area (TPSA) is 43.6 Å². The first-order valence-electron chi connectivity index (χ1n) is 6.29. The average Bonchev–Trinajstić information content (AvgIpc) is 3.03. The normalized spacial score (nSPS) is 14.8. The summed E-state index contributed by atoms with van der Waals surface area (Å²) in [6.07, 6.45) is 6.43. The molecule has 4 rings (SSSR count). The summed E-state index contributed by atoms with van der Waals surface area (Å²) in [6.45, 7) is 0. The molecule has 1 aliphatic carbocycles. The molecule has 0 spiro atoms. The number of fused-ring (bicyclic) bond motifs is 2. The van der Waals surface area contributed by atoms with Gasteiger partial charge in [0, 0.05) is 5.69 Å². The fourth-order valence-corrected chi connectivity index (χ4v) is 3.62. The smallest absolute Gasteiger partial charge is 0.225 e. The summed E-state index contributed by atoms with van der Waals surface area (Å²) < 4.78 is 2.08. The van der Waals surface area contributed by atoms with Crippen molar-refractivity contribution in [2.24, 2.45) is 0 Å². The molecule has 0 saturated carbocycles. The van der Waals surface area contributed by atoms with Crippen LogP contribution in [0, 0.1) is 0 Å². The van der Waals surface area contributed by atoms with E-state index in [9.17, 15) is 0 Å². The Hall–Kier alpha value is -1.46. The van der Waals surface area contributed by atoms with Crippen LogP contribution in [0.3, 0.4) is 0 Å². The standard InChI is InChI=1S/C13H11ClN4S/c14-13-16-11(8-5-6-19-12(8)17-13)18-7-15-9-3-1-2-4-10(9)18/h5-7H,1-4H2. The summed E-state index contributed by atoms with van der Waals surface area (Å²) in [5.74, 6) is 0.854. The molecule has 3 aromatic rings. The first-order chi connectivity index (χ1) is 9.33. The van der Waals surface area contributed by atoms with E-state index < -0.39 is 0 Å². The van der Waals surface area contributed by atoms with Gasteiger partial charge in [-0.3, -0.25) is 4.57 Å². The third kappa shape index (κ3) is 1.76. The number of imidazole rings is 1. The first-order valence-corrected chi connectivity index (χ1v) is 7.55. The van der Waals surface area contributed by atoms with Gasteiger partial charge >= 0.3 is 0 Å². The van der Waals surface area contributed by atoms with Crippen molar-refractivity contribution in [2.45, 2.75) is 25.7 Å². The van der Waals surface area contributed by atoms with E-state index in [1.807, 2.05) is 17.8 Å². The molecular formula is C13H11ClN4S. The fraction of sp³-hybridized carbons (Fsp3) is 0.308. The lowest BCUT2D eigenvalue weighted by atomic mass is 10.0. The molecule has 0 saturated heterocycles. The van der Waals surface area contributed by atoms with Crippen molar-refractivity contribution >= 4 is 33.2 Å². The van der Waals surface area contributed by atoms with Gasteiger partial charge in [-0.1, -0.05) is 0 Å². The molecule has 0 aliphatic heterocycles. The van der Waals surface area contributed by atoms with Crippen LogP contribution in [0.25, 0.3) is 16.0 Å². The van der Waals surface area contributed by atoms with Gasteiger partial charge in [-0.25, -0.2) is 9.97 Å². The maximum absolute atomic E-state index is 6.03. The van der Waals surface area contributed by atoms with Gasteiger partial charge in [0.25, 0.3) is 0 Å². The maximum Gasteiger partial charge on any atom is 0.225 e. The van der Waals surface area contributed by atoms with Gasteiger partial charge in [0.05, 0.1) is 11.1 Å². The Balaban J connectivity index is 1.99. The van der Waals surface area contributed by atoms with Crippen LogP contribution < -0.4 is 0 Å². The number of nitrogens with zero attached hydrogens (tertiary/aromatic N) is 4. The minimum absolute atomic E-state index is 0.295. The van der Waals surface area contributed by atoms with E-state index in [0.717, 1.165) is 28.9 Å². The predicted octanol–water partition coefficient (Wildman–Crippen LogP) is 3.41. The Morgan fingerprint density at radius 2 is 2.11 bits per heavy atom. The predicted molar refractivity (Wildman–Crippen MR) is 76.2 cm³/mol. The molecule has 0 atom stereocenters. The fourth-order valence-electron chi connectivity index (χ4n) is 2.65. The van der Waals surface area contributed by atoms with E-state index in [-0.39, 0.29) is 0 Å². The number of aryl methyl sites for hydroxylation is 1. The molecule has 19 heavy (non-hydrogen) atoms. The molecule has 96 valence electrons. The van der Waals surface area contributed by atoms with E-state index in [2.05, 4.69) is 19.5 Å². The van der Waals surface area contributed by atoms with Crippen LogP contribution >= 0.6 is 22.9 Å². The third-order valence-corrected chi connectivity index (χ3v) is 4.51. The van der Waals surface area contributed by atoms with Crippen molar-refractivity contribution in [2.75, 3.05) is 0 Å². The molecular weight excluding hydrogens is 280 g/mol. The molecule has 0 N–H and O–H groups in total. The minimum Gasteiger partial charge on any atom is -0.286 e. The highest BCUT2D eigenvalue weighted by atomic mass is 35.5. The minimum atomic E-state index is 0.295. The number of hydrogen-bond donors (Lipinski definition) is 0. The number of hydrogen-bond acceptors (Lipinski definition) is 4. The van der Waals surface area contributed by atoms with Gasteiger partial charge in [0.2, 0.25) is 5.28 Å². The summed E-state index contributed by atoms with van der Waals surface area (Å²) in [5.41, 5.74) is 2.47. The summed E-state index contributed by atoms with van der Waals surface area (Å²) in [5, 5.41) is 3.35. The van der Waals surface area contributed by atoms with Crippen molar-refractivity contribution < 1.29 is 0 Å². The van der Waals surface area contributed by atoms with Gasteiger partial charge < -0.3 is 0 Å². The van der Waals surface area contributed by atoms with Crippen LogP contribution in [0.5, 0.6) is 0 Å². The Kier molecular flexibility index (Phi) is 2.56. The van der Waals surface area contributed by atoms with Gasteiger partial charge in [0.15, 0.2) is 5.82 Å². The molecule has 0 aromatic carbocycles. The van der Waals surface area contributed by atoms with Crippen LogP contribution in [-0.2, 0) is 12.8 Å². The third-order valence-electron chi connectivity index (χ3n) is 3.54. The monoisotopic (exact) mass is 290 g/mol. The quantitative estimate of drug-likeness (QED) is 0.645. The van der Waals surface area contributed by atoms with E-state index in [1.54, 1.807) is 11.3 Å². The molecule has 3 heterocycles. The van der Waals surface area contributed by atoms with Crippen LogP contribution in [0.2, 0.25) is 5.28 Å². The van der Waals surface area contributed by atoms with Gasteiger partial charge in [0.1, 0.15) is 11.2 Å². The summed E-state index contributed by atoms with van der Waals surface area (Å²) >= 11 is 7.61. The number of aromatic nitrogens is 4. The van der Waals surface area contributed by atoms with Crippen LogP contribution in [0.1, 0.15) is 24.2 Å². The Morgan fingerprint density at radius 1 is 1.21 bits per heavy atom. The lowest BCUT2D eigenvalue weighted by Crippen LogP contribution is -2.08. The van der Waals surface area contributed by atoms with E-state index in [4.69, 9.17) is 11.6 Å². The number of rotatable bonds is 1. The van der Waals surface area contributed by atoms with Crippen molar-refractivity contribution in [1.82, 2.24) is 19.5 Å². The molecule has 4 nitrogen and oxygen atoms in total. The van der Waals surface area contributed by atoms with Gasteiger partial charge in [-0.05, 0) is 48.7 Å². The highest BCUT2D eigenvalue weighted by Crippen LogP contribution is 2.29. The Labute approximate surface area is 119 Å². The van der Waals surface area contributed by atoms with Crippen LogP contribution in [0.4, 0.5) is 0 Å². The molecule has 0 unspecified atom stereocenters. The average molecular weight is 291 g/mol. The maximum atomic E-state index is 6.03. The van der Waals surface area contributed by atoms with Crippen molar-refractivity contribution in [3.63, 3.8) is 0 Å². The highest BCUT2D eigenvalue weighted by molar-refractivity contribution is 7.16. The largest absolute Gasteiger partial charge is 0.286 e. The molecule has 0 bridgehead atoms. The van der Waals surface area contributed by atoms with Crippen molar-refractivity contribution in [1.29, 1.82) is 0 Å². The highest BCUT2D eigenvalue weighted by Gasteiger charge is 2.19. The van der Waals surface area contributed by atoms with Crippen LogP contribution in [0.15, 0.2) is 17.8 Å². The lowest BCUT2D eigenvalue weighted by Gasteiger charge is -2.14. The zero-order valence-electron chi connectivity index (χ0n) is 10.1. The second kappa shape index (κ2) is 4.28. The molecule has 1 aliphatic rings. The van der Waals surface area contributed by atoms with Crippen molar-refractivity contribution in [3.05, 3.63) is 34.4 Å². The van der Waals surface area contributed by atoms with Gasteiger partial charge in [-0.2, -0.15) is 4.98 Å². The van der Waals surface area contributed by atoms with Crippen LogP contribution in [-0.4, -0.2) is 19.5 Å². The Morgan fingerprint density at radius 3 is 3.05 bits per heavy atom. The van der Waals surface area contributed by atoms with E-state index >= 15 is 0 Å². The lowest BCUT2D eigenvalue weighted by molar-refractivity contribution is 0.654. The second-order valence-corrected chi connectivity index (χ2v) is 5.90. The zero-order chi connectivity index (χ0) is 12.8. The van der Waals surface area contributed by atoms with Gasteiger partial charge in [-0.15, -0.1) is 11.3 Å². The first kappa shape index (κ1) is 11.4. The molecule has 0 radical (unpaired) electrons. The van der Waals surface area contributed by atoms with E-state index in [1.165, 1.54) is 24.2 Å². The molecule has 0 fully saturated rings. The van der Waals surface area contributed by atoms with E-state index in [0.29, 0.717) is 5.28 Å². The molecule has 6 heteroatoms. The summed E-state index contributed by atoms with van der Waals surface area (Å²) in [7, 11) is 0. The second-order valence-electron chi connectivity index (χ2n) is 4.67.